The maximum Gasteiger partial charge on any atom is 0.177 e. The Morgan fingerprint density at radius 3 is 3.11 bits per heavy atom. The van der Waals surface area contributed by atoms with Crippen molar-refractivity contribution in [2.75, 3.05) is 19.8 Å². The number of hydrogen-bond acceptors (Lipinski definition) is 5. The van der Waals surface area contributed by atoms with E-state index < -0.39 is 0 Å². The van der Waals surface area contributed by atoms with Crippen LogP contribution in [0.5, 0.6) is 0 Å². The van der Waals surface area contributed by atoms with Crippen molar-refractivity contribution in [3.8, 4) is 0 Å². The maximum atomic E-state index is 5.60. The highest BCUT2D eigenvalue weighted by Crippen LogP contribution is 2.24. The van der Waals surface area contributed by atoms with E-state index >= 15 is 0 Å². The van der Waals surface area contributed by atoms with Gasteiger partial charge in [-0.2, -0.15) is 9.61 Å². The van der Waals surface area contributed by atoms with Gasteiger partial charge < -0.3 is 10.1 Å². The van der Waals surface area contributed by atoms with Crippen LogP contribution in [0.2, 0.25) is 0 Å². The minimum atomic E-state index is 0.218. The van der Waals surface area contributed by atoms with Crippen LogP contribution in [0.1, 0.15) is 30.8 Å². The molecular formula is C13H19N5O. The van der Waals surface area contributed by atoms with Crippen molar-refractivity contribution in [3.05, 3.63) is 23.7 Å². The number of aryl methyl sites for hydroxylation is 1. The Hall–Kier alpha value is -1.53. The highest BCUT2D eigenvalue weighted by atomic mass is 16.5. The molecule has 0 aromatic carbocycles. The van der Waals surface area contributed by atoms with Crippen molar-refractivity contribution >= 4 is 5.65 Å². The third-order valence-corrected chi connectivity index (χ3v) is 3.49. The van der Waals surface area contributed by atoms with E-state index in [-0.39, 0.29) is 5.92 Å². The quantitative estimate of drug-likeness (QED) is 0.886. The van der Waals surface area contributed by atoms with Gasteiger partial charge in [0.15, 0.2) is 11.5 Å². The number of nitrogens with zero attached hydrogens (tertiary/aromatic N) is 4. The summed E-state index contributed by atoms with van der Waals surface area (Å²) in [5.41, 5.74) is 1.76. The molecule has 2 atom stereocenters. The van der Waals surface area contributed by atoms with Crippen LogP contribution in [0.15, 0.2) is 12.1 Å². The van der Waals surface area contributed by atoms with Crippen LogP contribution in [0.25, 0.3) is 5.65 Å². The summed E-state index contributed by atoms with van der Waals surface area (Å²) < 4.78 is 7.44. The Kier molecular flexibility index (Phi) is 3.44. The molecule has 0 spiro atoms. The van der Waals surface area contributed by atoms with Crippen molar-refractivity contribution in [1.29, 1.82) is 0 Å². The van der Waals surface area contributed by atoms with E-state index in [9.17, 15) is 0 Å². The van der Waals surface area contributed by atoms with Crippen molar-refractivity contribution in [2.45, 2.75) is 32.2 Å². The van der Waals surface area contributed by atoms with Crippen LogP contribution < -0.4 is 5.32 Å². The molecule has 1 N–H and O–H groups in total. The smallest absolute Gasteiger partial charge is 0.177 e. The molecule has 0 radical (unpaired) electrons. The zero-order valence-electron chi connectivity index (χ0n) is 11.3. The summed E-state index contributed by atoms with van der Waals surface area (Å²) in [5, 5.41) is 16.5. The first-order valence-electron chi connectivity index (χ1n) is 6.79. The van der Waals surface area contributed by atoms with Gasteiger partial charge in [0.05, 0.1) is 24.8 Å². The van der Waals surface area contributed by atoms with Crippen LogP contribution in [-0.2, 0) is 4.74 Å². The van der Waals surface area contributed by atoms with Gasteiger partial charge >= 0.3 is 0 Å². The fourth-order valence-electron chi connectivity index (χ4n) is 2.47. The average Bonchev–Trinajstić information content (AvgIpc) is 3.01. The lowest BCUT2D eigenvalue weighted by Crippen LogP contribution is -2.35. The van der Waals surface area contributed by atoms with Gasteiger partial charge in [0.25, 0.3) is 0 Å². The molecule has 1 saturated heterocycles. The SMILES string of the molecule is CCCNC1COCC1c1nnc2ccc(C)nn12. The fourth-order valence-corrected chi connectivity index (χ4v) is 2.47. The minimum absolute atomic E-state index is 0.218. The number of rotatable bonds is 4. The van der Waals surface area contributed by atoms with Gasteiger partial charge in [-0.15, -0.1) is 10.2 Å². The number of fused-ring (bicyclic) bond motifs is 1. The molecule has 2 aromatic rings. The van der Waals surface area contributed by atoms with Crippen molar-refractivity contribution in [3.63, 3.8) is 0 Å². The Morgan fingerprint density at radius 2 is 2.26 bits per heavy atom. The van der Waals surface area contributed by atoms with Gasteiger partial charge in [0.1, 0.15) is 0 Å². The largest absolute Gasteiger partial charge is 0.379 e. The van der Waals surface area contributed by atoms with E-state index in [0.29, 0.717) is 12.6 Å². The zero-order valence-corrected chi connectivity index (χ0v) is 11.3. The predicted molar refractivity (Wildman–Crippen MR) is 71.2 cm³/mol. The van der Waals surface area contributed by atoms with Crippen LogP contribution in [0.4, 0.5) is 0 Å². The van der Waals surface area contributed by atoms with Gasteiger partial charge in [-0.3, -0.25) is 0 Å². The molecule has 0 bridgehead atoms. The molecule has 1 aliphatic rings. The second-order valence-corrected chi connectivity index (χ2v) is 5.01. The fraction of sp³-hybridized carbons (Fsp3) is 0.615. The first-order valence-corrected chi connectivity index (χ1v) is 6.79. The summed E-state index contributed by atoms with van der Waals surface area (Å²) in [7, 11) is 0. The molecule has 2 unspecified atom stereocenters. The Balaban J connectivity index is 1.92. The third-order valence-electron chi connectivity index (χ3n) is 3.49. The maximum absolute atomic E-state index is 5.60. The average molecular weight is 261 g/mol. The molecule has 6 heteroatoms. The van der Waals surface area contributed by atoms with Gasteiger partial charge in [-0.1, -0.05) is 6.92 Å². The normalized spacial score (nSPS) is 23.3. The predicted octanol–water partition coefficient (Wildman–Crippen LogP) is 0.915. The van der Waals surface area contributed by atoms with E-state index in [1.54, 1.807) is 0 Å². The first kappa shape index (κ1) is 12.5. The molecule has 6 nitrogen and oxygen atoms in total. The lowest BCUT2D eigenvalue weighted by molar-refractivity contribution is 0.187. The molecule has 2 aromatic heterocycles. The van der Waals surface area contributed by atoms with Gasteiger partial charge in [0.2, 0.25) is 0 Å². The summed E-state index contributed by atoms with van der Waals surface area (Å²) in [6.07, 6.45) is 1.11. The molecule has 3 heterocycles. The molecule has 19 heavy (non-hydrogen) atoms. The van der Waals surface area contributed by atoms with E-state index in [4.69, 9.17) is 4.74 Å². The van der Waals surface area contributed by atoms with Crippen LogP contribution in [-0.4, -0.2) is 45.6 Å². The number of aromatic nitrogens is 4. The third kappa shape index (κ3) is 2.33. The molecule has 3 rings (SSSR count). The summed E-state index contributed by atoms with van der Waals surface area (Å²) in [5.74, 6) is 1.11. The van der Waals surface area contributed by atoms with Crippen molar-refractivity contribution in [2.24, 2.45) is 0 Å². The minimum Gasteiger partial charge on any atom is -0.379 e. The molecule has 0 aliphatic carbocycles. The Morgan fingerprint density at radius 1 is 1.37 bits per heavy atom. The van der Waals surface area contributed by atoms with Crippen LogP contribution in [0.3, 0.4) is 0 Å². The molecule has 1 aliphatic heterocycles. The summed E-state index contributed by atoms with van der Waals surface area (Å²) in [6, 6.07) is 4.20. The molecule has 1 fully saturated rings. The molecule has 0 amide bonds. The van der Waals surface area contributed by atoms with E-state index in [1.165, 1.54) is 0 Å². The lowest BCUT2D eigenvalue weighted by atomic mass is 10.0. The number of hydrogen-bond donors (Lipinski definition) is 1. The van der Waals surface area contributed by atoms with Gasteiger partial charge in [-0.05, 0) is 32.0 Å². The summed E-state index contributed by atoms with van der Waals surface area (Å²) >= 11 is 0. The molecular weight excluding hydrogens is 242 g/mol. The van der Waals surface area contributed by atoms with E-state index in [2.05, 4.69) is 27.5 Å². The summed E-state index contributed by atoms with van der Waals surface area (Å²) in [4.78, 5) is 0. The Labute approximate surface area is 112 Å². The number of ether oxygens (including phenoxy) is 1. The second kappa shape index (κ2) is 5.22. The second-order valence-electron chi connectivity index (χ2n) is 5.01. The van der Waals surface area contributed by atoms with Crippen LogP contribution in [0, 0.1) is 6.92 Å². The van der Waals surface area contributed by atoms with E-state index in [0.717, 1.165) is 36.7 Å². The standard InChI is InChI=1S/C13H19N5O/c1-3-6-14-11-8-19-7-10(11)13-16-15-12-5-4-9(2)17-18(12)13/h4-5,10-11,14H,3,6-8H2,1-2H3. The van der Waals surface area contributed by atoms with E-state index in [1.807, 2.05) is 23.6 Å². The van der Waals surface area contributed by atoms with Gasteiger partial charge in [-0.25, -0.2) is 0 Å². The van der Waals surface area contributed by atoms with Gasteiger partial charge in [0, 0.05) is 6.04 Å². The summed E-state index contributed by atoms with van der Waals surface area (Å²) in [6.45, 7) is 6.54. The van der Waals surface area contributed by atoms with Crippen molar-refractivity contribution in [1.82, 2.24) is 25.1 Å². The monoisotopic (exact) mass is 261 g/mol. The highest BCUT2D eigenvalue weighted by molar-refractivity contribution is 5.37. The number of nitrogens with one attached hydrogen (secondary N) is 1. The Bertz CT molecular complexity index is 567. The van der Waals surface area contributed by atoms with Crippen molar-refractivity contribution < 1.29 is 4.74 Å². The molecule has 0 saturated carbocycles. The lowest BCUT2D eigenvalue weighted by Gasteiger charge is -2.16. The highest BCUT2D eigenvalue weighted by Gasteiger charge is 2.33. The van der Waals surface area contributed by atoms with Crippen LogP contribution >= 0.6 is 0 Å². The topological polar surface area (TPSA) is 64.3 Å². The first-order chi connectivity index (χ1) is 9.29. The zero-order chi connectivity index (χ0) is 13.2. The molecule has 102 valence electrons.